The van der Waals surface area contributed by atoms with Gasteiger partial charge in [0.2, 0.25) is 15.9 Å². The molecule has 2 aromatic carbocycles. The van der Waals surface area contributed by atoms with Crippen LogP contribution in [0.2, 0.25) is 10.0 Å². The van der Waals surface area contributed by atoms with Gasteiger partial charge in [-0.3, -0.25) is 9.10 Å². The van der Waals surface area contributed by atoms with Gasteiger partial charge in [-0.05, 0) is 36.8 Å². The van der Waals surface area contributed by atoms with Gasteiger partial charge in [0.25, 0.3) is 0 Å². The molecule has 5 nitrogen and oxygen atoms in total. The molecule has 0 saturated carbocycles. The molecule has 27 heavy (non-hydrogen) atoms. The van der Waals surface area contributed by atoms with Crippen molar-refractivity contribution in [2.75, 3.05) is 15.9 Å². The Balaban J connectivity index is 2.42. The van der Waals surface area contributed by atoms with E-state index in [0.29, 0.717) is 0 Å². The van der Waals surface area contributed by atoms with Crippen LogP contribution in [0.15, 0.2) is 36.4 Å². The number of carbonyl (C=O) groups is 1. The monoisotopic (exact) mass is 436 g/mol. The molecule has 2 aromatic rings. The Kier molecular flexibility index (Phi) is 6.67. The predicted octanol–water partition coefficient (Wildman–Crippen LogP) is 4.45. The van der Waals surface area contributed by atoms with Crippen LogP contribution in [0.4, 0.5) is 20.2 Å². The Labute approximate surface area is 165 Å². The average Bonchev–Trinajstić information content (AvgIpc) is 2.53. The van der Waals surface area contributed by atoms with E-state index in [1.54, 1.807) is 6.92 Å². The molecule has 0 bridgehead atoms. The fraction of sp³-hybridized carbons (Fsp3) is 0.235. The second-order valence-corrected chi connectivity index (χ2v) is 8.46. The van der Waals surface area contributed by atoms with Gasteiger partial charge in [0.05, 0.1) is 11.9 Å². The second kappa shape index (κ2) is 8.41. The molecule has 0 aromatic heterocycles. The minimum Gasteiger partial charge on any atom is -0.324 e. The summed E-state index contributed by atoms with van der Waals surface area (Å²) in [5, 5.41) is 2.79. The van der Waals surface area contributed by atoms with E-state index in [1.807, 2.05) is 0 Å². The van der Waals surface area contributed by atoms with Crippen LogP contribution in [0, 0.1) is 11.6 Å². The Bertz CT molecular complexity index is 950. The third-order valence-electron chi connectivity index (χ3n) is 3.62. The summed E-state index contributed by atoms with van der Waals surface area (Å²) in [6.45, 7) is 1.61. The van der Waals surface area contributed by atoms with Crippen molar-refractivity contribution in [2.45, 2.75) is 19.4 Å². The molecule has 0 radical (unpaired) electrons. The average molecular weight is 437 g/mol. The molecule has 1 atom stereocenters. The van der Waals surface area contributed by atoms with Crippen LogP contribution in [0.5, 0.6) is 0 Å². The number of rotatable bonds is 6. The van der Waals surface area contributed by atoms with Crippen LogP contribution in [-0.4, -0.2) is 26.6 Å². The van der Waals surface area contributed by atoms with Crippen molar-refractivity contribution in [3.8, 4) is 0 Å². The number of sulfonamides is 1. The third-order valence-corrected chi connectivity index (χ3v) is 5.23. The minimum absolute atomic E-state index is 0.00470. The van der Waals surface area contributed by atoms with Crippen LogP contribution in [0.3, 0.4) is 0 Å². The van der Waals surface area contributed by atoms with Gasteiger partial charge in [-0.1, -0.05) is 30.1 Å². The summed E-state index contributed by atoms with van der Waals surface area (Å²) in [6, 6.07) is 5.82. The molecule has 10 heteroatoms. The molecule has 0 unspecified atom stereocenters. The molecule has 0 spiro atoms. The number of anilines is 2. The van der Waals surface area contributed by atoms with Crippen molar-refractivity contribution in [3.63, 3.8) is 0 Å². The van der Waals surface area contributed by atoms with Crippen molar-refractivity contribution >= 4 is 50.5 Å². The van der Waals surface area contributed by atoms with E-state index in [-0.39, 0.29) is 27.8 Å². The lowest BCUT2D eigenvalue weighted by Gasteiger charge is -2.30. The molecule has 146 valence electrons. The summed E-state index contributed by atoms with van der Waals surface area (Å²) < 4.78 is 52.0. The summed E-state index contributed by atoms with van der Waals surface area (Å²) in [7, 11) is -3.89. The number of halogens is 4. The number of hydrogen-bond acceptors (Lipinski definition) is 3. The van der Waals surface area contributed by atoms with E-state index in [9.17, 15) is 22.0 Å². The molecular formula is C17H16Cl2F2N2O3S. The maximum Gasteiger partial charge on any atom is 0.248 e. The largest absolute Gasteiger partial charge is 0.324 e. The zero-order valence-electron chi connectivity index (χ0n) is 14.3. The summed E-state index contributed by atoms with van der Waals surface area (Å²) in [5.74, 6) is -2.92. The standard InChI is InChI=1S/C17H16Cl2F2N2O3S/c1-3-16(17(24)22-12-4-5-14(20)15(21)9-12)23(27(2,25)26)13-7-10(18)6-11(19)8-13/h4-9,16H,3H2,1-2H3,(H,22,24)/t16-/m1/s1. The van der Waals surface area contributed by atoms with Crippen molar-refractivity contribution in [1.82, 2.24) is 0 Å². The quantitative estimate of drug-likeness (QED) is 0.726. The van der Waals surface area contributed by atoms with Gasteiger partial charge in [-0.2, -0.15) is 0 Å². The van der Waals surface area contributed by atoms with Gasteiger partial charge < -0.3 is 5.32 Å². The molecular weight excluding hydrogens is 421 g/mol. The molecule has 2 rings (SSSR count). The predicted molar refractivity (Wildman–Crippen MR) is 103 cm³/mol. The number of benzene rings is 2. The lowest BCUT2D eigenvalue weighted by Crippen LogP contribution is -2.47. The van der Waals surface area contributed by atoms with E-state index in [4.69, 9.17) is 23.2 Å². The second-order valence-electron chi connectivity index (χ2n) is 5.73. The van der Waals surface area contributed by atoms with Gasteiger partial charge in [0.1, 0.15) is 6.04 Å². The molecule has 0 aliphatic rings. The number of nitrogens with zero attached hydrogens (tertiary/aromatic N) is 1. The molecule has 1 N–H and O–H groups in total. The van der Waals surface area contributed by atoms with Crippen LogP contribution >= 0.6 is 23.2 Å². The maximum absolute atomic E-state index is 13.4. The van der Waals surface area contributed by atoms with E-state index < -0.39 is 33.6 Å². The smallest absolute Gasteiger partial charge is 0.248 e. The van der Waals surface area contributed by atoms with Gasteiger partial charge in [0, 0.05) is 21.8 Å². The minimum atomic E-state index is -3.89. The van der Waals surface area contributed by atoms with Crippen LogP contribution < -0.4 is 9.62 Å². The van der Waals surface area contributed by atoms with E-state index in [0.717, 1.165) is 22.7 Å². The topological polar surface area (TPSA) is 66.5 Å². The molecule has 1 amide bonds. The van der Waals surface area contributed by atoms with Gasteiger partial charge in [-0.15, -0.1) is 0 Å². The lowest BCUT2D eigenvalue weighted by atomic mass is 10.1. The van der Waals surface area contributed by atoms with Crippen molar-refractivity contribution in [3.05, 3.63) is 58.1 Å². The SMILES string of the molecule is CC[C@H](C(=O)Nc1ccc(F)c(F)c1)N(c1cc(Cl)cc(Cl)c1)S(C)(=O)=O. The summed E-state index contributed by atoms with van der Waals surface area (Å²) in [6.07, 6.45) is 1.04. The van der Waals surface area contributed by atoms with Gasteiger partial charge in [0.15, 0.2) is 11.6 Å². The summed E-state index contributed by atoms with van der Waals surface area (Å²) in [5.41, 5.74) is 0.109. The first kappa shape index (κ1) is 21.4. The van der Waals surface area contributed by atoms with Crippen LogP contribution in [0.1, 0.15) is 13.3 Å². The Morgan fingerprint density at radius 2 is 1.70 bits per heavy atom. The summed E-state index contributed by atoms with van der Waals surface area (Å²) in [4.78, 5) is 12.7. The normalized spacial score (nSPS) is 12.5. The molecule has 0 saturated heterocycles. The first-order valence-electron chi connectivity index (χ1n) is 7.74. The highest BCUT2D eigenvalue weighted by molar-refractivity contribution is 7.92. The van der Waals surface area contributed by atoms with Gasteiger partial charge in [-0.25, -0.2) is 17.2 Å². The summed E-state index contributed by atoms with van der Waals surface area (Å²) >= 11 is 11.9. The fourth-order valence-corrected chi connectivity index (χ4v) is 4.24. The Morgan fingerprint density at radius 3 is 2.19 bits per heavy atom. The number of hydrogen-bond donors (Lipinski definition) is 1. The molecule has 0 fully saturated rings. The number of carbonyl (C=O) groups excluding carboxylic acids is 1. The highest BCUT2D eigenvalue weighted by Gasteiger charge is 2.32. The Hall–Kier alpha value is -1.90. The van der Waals surface area contributed by atoms with Crippen LogP contribution in [0.25, 0.3) is 0 Å². The molecule has 0 aliphatic carbocycles. The number of amides is 1. The van der Waals surface area contributed by atoms with E-state index >= 15 is 0 Å². The first-order chi connectivity index (χ1) is 12.5. The van der Waals surface area contributed by atoms with Crippen molar-refractivity contribution < 1.29 is 22.0 Å². The van der Waals surface area contributed by atoms with Crippen molar-refractivity contribution in [2.24, 2.45) is 0 Å². The van der Waals surface area contributed by atoms with Crippen molar-refractivity contribution in [1.29, 1.82) is 0 Å². The molecule has 0 heterocycles. The third kappa shape index (κ3) is 5.31. The maximum atomic E-state index is 13.4. The zero-order chi connectivity index (χ0) is 20.4. The number of nitrogens with one attached hydrogen (secondary N) is 1. The molecule has 0 aliphatic heterocycles. The Morgan fingerprint density at radius 1 is 1.11 bits per heavy atom. The van der Waals surface area contributed by atoms with E-state index in [1.165, 1.54) is 24.3 Å². The highest BCUT2D eigenvalue weighted by Crippen LogP contribution is 2.29. The van der Waals surface area contributed by atoms with Gasteiger partial charge >= 0.3 is 0 Å². The van der Waals surface area contributed by atoms with Crippen LogP contribution in [-0.2, 0) is 14.8 Å². The van der Waals surface area contributed by atoms with E-state index in [2.05, 4.69) is 5.32 Å². The highest BCUT2D eigenvalue weighted by atomic mass is 35.5. The lowest BCUT2D eigenvalue weighted by molar-refractivity contribution is -0.117. The first-order valence-corrected chi connectivity index (χ1v) is 10.3. The zero-order valence-corrected chi connectivity index (χ0v) is 16.7. The fourth-order valence-electron chi connectivity index (χ4n) is 2.53.